The molecule has 0 bridgehead atoms. The van der Waals surface area contributed by atoms with Crippen LogP contribution in [-0.4, -0.2) is 34.3 Å². The minimum atomic E-state index is 0.621. The van der Waals surface area contributed by atoms with E-state index in [0.717, 1.165) is 35.9 Å². The van der Waals surface area contributed by atoms with Gasteiger partial charge in [-0.3, -0.25) is 4.98 Å². The van der Waals surface area contributed by atoms with Gasteiger partial charge in [0.25, 0.3) is 0 Å². The Labute approximate surface area is 162 Å². The van der Waals surface area contributed by atoms with Crippen LogP contribution in [0.3, 0.4) is 0 Å². The summed E-state index contributed by atoms with van der Waals surface area (Å²) in [5.41, 5.74) is 1.77. The molecule has 10 heteroatoms. The third-order valence-corrected chi connectivity index (χ3v) is 6.31. The first-order valence-electron chi connectivity index (χ1n) is 7.62. The lowest BCUT2D eigenvalue weighted by Gasteiger charge is -2.04. The first-order valence-corrected chi connectivity index (χ1v) is 9.66. The molecule has 130 valence electrons. The monoisotopic (exact) mass is 399 g/mol. The average molecular weight is 400 g/mol. The molecule has 0 fully saturated rings. The van der Waals surface area contributed by atoms with Gasteiger partial charge in [0.1, 0.15) is 16.1 Å². The van der Waals surface area contributed by atoms with E-state index >= 15 is 0 Å². The van der Waals surface area contributed by atoms with Gasteiger partial charge in [0.15, 0.2) is 20.6 Å². The Bertz CT molecular complexity index is 1140. The second-order valence-electron chi connectivity index (χ2n) is 5.30. The Morgan fingerprint density at radius 2 is 2.08 bits per heavy atom. The fourth-order valence-corrected chi connectivity index (χ4v) is 4.73. The van der Waals surface area contributed by atoms with Gasteiger partial charge in [0.2, 0.25) is 0 Å². The third kappa shape index (κ3) is 2.96. The molecule has 0 amide bonds. The smallest absolute Gasteiger partial charge is 0.197 e. The molecule has 0 aliphatic rings. The quantitative estimate of drug-likeness (QED) is 0.287. The number of hydrogen-bond donors (Lipinski definition) is 0. The number of fused-ring (bicyclic) bond motifs is 1. The molecule has 0 saturated carbocycles. The number of rotatable bonds is 5. The van der Waals surface area contributed by atoms with Crippen molar-refractivity contribution in [3.63, 3.8) is 0 Å². The summed E-state index contributed by atoms with van der Waals surface area (Å²) < 4.78 is 5.58. The summed E-state index contributed by atoms with van der Waals surface area (Å²) in [5.74, 6) is 0.775. The lowest BCUT2D eigenvalue weighted by molar-refractivity contribution is 0.792. The van der Waals surface area contributed by atoms with Crippen LogP contribution < -0.4 is 0 Å². The highest BCUT2D eigenvalue weighted by Gasteiger charge is 2.17. The molecule has 0 saturated heterocycles. The maximum atomic E-state index is 5.45. The first kappa shape index (κ1) is 17.0. The van der Waals surface area contributed by atoms with Gasteiger partial charge in [-0.1, -0.05) is 6.08 Å². The van der Waals surface area contributed by atoms with Gasteiger partial charge in [0.05, 0.1) is 0 Å². The maximum Gasteiger partial charge on any atom is 0.197 e. The Morgan fingerprint density at radius 1 is 1.27 bits per heavy atom. The van der Waals surface area contributed by atoms with Gasteiger partial charge in [-0.25, -0.2) is 9.97 Å². The minimum Gasteiger partial charge on any atom is -0.305 e. The fraction of sp³-hybridized carbons (Fsp3) is 0.125. The minimum absolute atomic E-state index is 0.621. The van der Waals surface area contributed by atoms with E-state index in [2.05, 4.69) is 31.7 Å². The number of hydrogen-bond acceptors (Lipinski definition) is 8. The number of allylic oxidation sites excluding steroid dienone is 1. The summed E-state index contributed by atoms with van der Waals surface area (Å²) in [7, 11) is 1.93. The van der Waals surface area contributed by atoms with E-state index in [-0.39, 0.29) is 0 Å². The van der Waals surface area contributed by atoms with Crippen LogP contribution in [0.1, 0.15) is 0 Å². The molecule has 0 radical (unpaired) electrons. The molecule has 26 heavy (non-hydrogen) atoms. The van der Waals surface area contributed by atoms with Crippen molar-refractivity contribution >= 4 is 45.7 Å². The highest BCUT2D eigenvalue weighted by atomic mass is 32.2. The Hall–Kier alpha value is -2.43. The molecule has 0 unspecified atom stereocenters. The average Bonchev–Trinajstić information content (AvgIpc) is 3.18. The molecular formula is C16H13N7S3. The lowest BCUT2D eigenvalue weighted by Crippen LogP contribution is -1.98. The van der Waals surface area contributed by atoms with Gasteiger partial charge >= 0.3 is 0 Å². The number of aromatic nitrogens is 7. The second kappa shape index (κ2) is 7.06. The van der Waals surface area contributed by atoms with Crippen LogP contribution in [0.4, 0.5) is 0 Å². The van der Waals surface area contributed by atoms with Crippen molar-refractivity contribution in [3.05, 3.63) is 47.5 Å². The van der Waals surface area contributed by atoms with E-state index in [1.165, 1.54) is 23.1 Å². The van der Waals surface area contributed by atoms with Gasteiger partial charge in [0, 0.05) is 31.5 Å². The Kier molecular flexibility index (Phi) is 4.62. The van der Waals surface area contributed by atoms with E-state index in [1.807, 2.05) is 28.3 Å². The summed E-state index contributed by atoms with van der Waals surface area (Å²) in [6.45, 7) is 4.40. The van der Waals surface area contributed by atoms with Gasteiger partial charge in [-0.15, -0.1) is 28.1 Å². The molecule has 4 heterocycles. The molecule has 0 atom stereocenters. The fourth-order valence-electron chi connectivity index (χ4n) is 2.46. The second-order valence-corrected chi connectivity index (χ2v) is 7.90. The molecule has 0 aliphatic heterocycles. The first-order chi connectivity index (χ1) is 12.7. The van der Waals surface area contributed by atoms with Gasteiger partial charge in [-0.2, -0.15) is 0 Å². The standard InChI is InChI=1S/C16H13N7S3/c1-3-8-23-13-11(25-16(23)24)14(19-9-18-13)26-15-21-20-12(22(15)2)10-4-6-17-7-5-10/h3-7,9H,1,8H2,2H3. The van der Waals surface area contributed by atoms with Crippen LogP contribution in [-0.2, 0) is 13.6 Å². The highest BCUT2D eigenvalue weighted by molar-refractivity contribution is 7.99. The zero-order valence-corrected chi connectivity index (χ0v) is 16.2. The van der Waals surface area contributed by atoms with E-state index in [9.17, 15) is 0 Å². The zero-order valence-electron chi connectivity index (χ0n) is 13.7. The normalized spacial score (nSPS) is 11.1. The lowest BCUT2D eigenvalue weighted by atomic mass is 10.2. The number of nitrogens with zero attached hydrogens (tertiary/aromatic N) is 7. The summed E-state index contributed by atoms with van der Waals surface area (Å²) in [6, 6.07) is 3.81. The summed E-state index contributed by atoms with van der Waals surface area (Å²) in [5, 5.41) is 10.2. The van der Waals surface area contributed by atoms with Gasteiger partial charge in [-0.05, 0) is 36.1 Å². The van der Waals surface area contributed by atoms with Crippen molar-refractivity contribution in [3.8, 4) is 11.4 Å². The molecule has 0 aliphatic carbocycles. The molecule has 0 N–H and O–H groups in total. The van der Waals surface area contributed by atoms with E-state index in [4.69, 9.17) is 12.2 Å². The van der Waals surface area contributed by atoms with Crippen LogP contribution in [0.25, 0.3) is 21.7 Å². The van der Waals surface area contributed by atoms with Crippen molar-refractivity contribution in [2.75, 3.05) is 0 Å². The van der Waals surface area contributed by atoms with Crippen LogP contribution in [0.15, 0.2) is 53.7 Å². The SMILES string of the molecule is C=CCn1c(=S)sc2c(Sc3nnc(-c4ccncc4)n3C)ncnc21. The Balaban J connectivity index is 1.75. The van der Waals surface area contributed by atoms with Gasteiger partial charge < -0.3 is 9.13 Å². The summed E-state index contributed by atoms with van der Waals surface area (Å²) in [4.78, 5) is 12.8. The van der Waals surface area contributed by atoms with Crippen molar-refractivity contribution in [2.45, 2.75) is 16.7 Å². The molecule has 4 rings (SSSR count). The number of thiazole rings is 1. The highest BCUT2D eigenvalue weighted by Crippen LogP contribution is 2.34. The molecule has 4 aromatic heterocycles. The summed E-state index contributed by atoms with van der Waals surface area (Å²) >= 11 is 8.39. The van der Waals surface area contributed by atoms with Crippen molar-refractivity contribution in [2.24, 2.45) is 7.05 Å². The topological polar surface area (TPSA) is 74.3 Å². The molecule has 7 nitrogen and oxygen atoms in total. The number of pyridine rings is 1. The predicted octanol–water partition coefficient (Wildman–Crippen LogP) is 3.75. The van der Waals surface area contributed by atoms with E-state index in [0.29, 0.717) is 6.54 Å². The van der Waals surface area contributed by atoms with Crippen molar-refractivity contribution < 1.29 is 0 Å². The molecular weight excluding hydrogens is 386 g/mol. The maximum absolute atomic E-state index is 5.45. The largest absolute Gasteiger partial charge is 0.305 e. The summed E-state index contributed by atoms with van der Waals surface area (Å²) in [6.07, 6.45) is 6.83. The van der Waals surface area contributed by atoms with Crippen molar-refractivity contribution in [1.82, 2.24) is 34.3 Å². The zero-order chi connectivity index (χ0) is 18.1. The Morgan fingerprint density at radius 3 is 2.85 bits per heavy atom. The molecule has 0 aromatic carbocycles. The third-order valence-electron chi connectivity index (χ3n) is 3.69. The van der Waals surface area contributed by atoms with Crippen LogP contribution in [0.5, 0.6) is 0 Å². The van der Waals surface area contributed by atoms with Crippen LogP contribution >= 0.6 is 35.3 Å². The predicted molar refractivity (Wildman–Crippen MR) is 105 cm³/mol. The molecule has 0 spiro atoms. The van der Waals surface area contributed by atoms with Crippen LogP contribution in [0.2, 0.25) is 0 Å². The molecule has 4 aromatic rings. The van der Waals surface area contributed by atoms with E-state index in [1.54, 1.807) is 24.8 Å². The van der Waals surface area contributed by atoms with E-state index < -0.39 is 0 Å². The van der Waals surface area contributed by atoms with Crippen LogP contribution in [0, 0.1) is 3.95 Å². The van der Waals surface area contributed by atoms with Crippen molar-refractivity contribution in [1.29, 1.82) is 0 Å².